The van der Waals surface area contributed by atoms with Crippen LogP contribution in [-0.2, 0) is 11.3 Å². The van der Waals surface area contributed by atoms with E-state index in [4.69, 9.17) is 27.9 Å². The number of likely N-dealkylation sites (N-methyl/N-ethyl adjacent to an activating group) is 1. The van der Waals surface area contributed by atoms with E-state index in [2.05, 4.69) is 14.9 Å². The van der Waals surface area contributed by atoms with E-state index in [1.54, 1.807) is 13.3 Å². The maximum absolute atomic E-state index is 5.91. The van der Waals surface area contributed by atoms with Crippen molar-refractivity contribution >= 4 is 23.2 Å². The van der Waals surface area contributed by atoms with Gasteiger partial charge in [-0.2, -0.15) is 0 Å². The Morgan fingerprint density at radius 3 is 2.80 bits per heavy atom. The Morgan fingerprint density at radius 1 is 1.47 bits per heavy atom. The zero-order valence-electron chi connectivity index (χ0n) is 8.70. The standard InChI is InChI=1S/C9H13Cl2N3O/c1-14(3-4-15-2)6-7-5-12-9(11)13-8(7)10/h5H,3-4,6H2,1-2H3. The molecular weight excluding hydrogens is 237 g/mol. The third-order valence-electron chi connectivity index (χ3n) is 1.90. The fourth-order valence-electron chi connectivity index (χ4n) is 1.09. The minimum Gasteiger partial charge on any atom is -0.383 e. The van der Waals surface area contributed by atoms with Crippen LogP contribution in [-0.4, -0.2) is 42.2 Å². The highest BCUT2D eigenvalue weighted by Crippen LogP contribution is 2.15. The normalized spacial score (nSPS) is 11.0. The van der Waals surface area contributed by atoms with Gasteiger partial charge in [0.15, 0.2) is 0 Å². The molecule has 0 aliphatic carbocycles. The number of hydrogen-bond donors (Lipinski definition) is 0. The summed E-state index contributed by atoms with van der Waals surface area (Å²) >= 11 is 11.5. The molecule has 4 nitrogen and oxygen atoms in total. The van der Waals surface area contributed by atoms with E-state index in [-0.39, 0.29) is 5.28 Å². The second-order valence-electron chi connectivity index (χ2n) is 3.19. The van der Waals surface area contributed by atoms with E-state index < -0.39 is 0 Å². The van der Waals surface area contributed by atoms with Gasteiger partial charge in [0.2, 0.25) is 5.28 Å². The maximum Gasteiger partial charge on any atom is 0.223 e. The quantitative estimate of drug-likeness (QED) is 0.590. The van der Waals surface area contributed by atoms with Crippen molar-refractivity contribution < 1.29 is 4.74 Å². The number of aromatic nitrogens is 2. The first-order chi connectivity index (χ1) is 7.13. The third-order valence-corrected chi connectivity index (χ3v) is 2.41. The summed E-state index contributed by atoms with van der Waals surface area (Å²) in [5.74, 6) is 0. The van der Waals surface area contributed by atoms with E-state index >= 15 is 0 Å². The first-order valence-corrected chi connectivity index (χ1v) is 5.23. The molecule has 0 unspecified atom stereocenters. The summed E-state index contributed by atoms with van der Waals surface area (Å²) in [4.78, 5) is 9.83. The van der Waals surface area contributed by atoms with Gasteiger partial charge in [-0.1, -0.05) is 11.6 Å². The van der Waals surface area contributed by atoms with E-state index in [1.165, 1.54) is 0 Å². The Balaban J connectivity index is 2.56. The van der Waals surface area contributed by atoms with Crippen molar-refractivity contribution in [3.05, 3.63) is 22.2 Å². The van der Waals surface area contributed by atoms with Gasteiger partial charge in [-0.15, -0.1) is 0 Å². The average molecular weight is 250 g/mol. The summed E-state index contributed by atoms with van der Waals surface area (Å²) in [6.45, 7) is 2.19. The molecule has 15 heavy (non-hydrogen) atoms. The predicted molar refractivity (Wildman–Crippen MR) is 60.3 cm³/mol. The van der Waals surface area contributed by atoms with E-state index in [0.29, 0.717) is 18.3 Å². The van der Waals surface area contributed by atoms with Crippen molar-refractivity contribution in [3.8, 4) is 0 Å². The Morgan fingerprint density at radius 2 is 2.20 bits per heavy atom. The van der Waals surface area contributed by atoms with Crippen molar-refractivity contribution in [2.45, 2.75) is 6.54 Å². The largest absolute Gasteiger partial charge is 0.383 e. The Hall–Kier alpha value is -0.420. The first kappa shape index (κ1) is 12.6. The number of ether oxygens (including phenoxy) is 1. The minimum atomic E-state index is 0.170. The molecule has 1 rings (SSSR count). The smallest absolute Gasteiger partial charge is 0.223 e. The summed E-state index contributed by atoms with van der Waals surface area (Å²) in [6, 6.07) is 0. The maximum atomic E-state index is 5.91. The molecule has 0 saturated heterocycles. The molecule has 84 valence electrons. The molecule has 0 radical (unpaired) electrons. The summed E-state index contributed by atoms with van der Waals surface area (Å²) in [5, 5.41) is 0.572. The number of nitrogens with zero attached hydrogens (tertiary/aromatic N) is 3. The number of rotatable bonds is 5. The zero-order chi connectivity index (χ0) is 11.3. The van der Waals surface area contributed by atoms with E-state index in [9.17, 15) is 0 Å². The monoisotopic (exact) mass is 249 g/mol. The Kier molecular flexibility index (Phi) is 5.25. The van der Waals surface area contributed by atoms with Gasteiger partial charge >= 0.3 is 0 Å². The summed E-state index contributed by atoms with van der Waals surface area (Å²) in [7, 11) is 3.65. The van der Waals surface area contributed by atoms with Crippen LogP contribution in [0.5, 0.6) is 0 Å². The van der Waals surface area contributed by atoms with E-state index in [1.807, 2.05) is 7.05 Å². The minimum absolute atomic E-state index is 0.170. The van der Waals surface area contributed by atoms with Crippen LogP contribution in [0.2, 0.25) is 10.4 Å². The number of hydrogen-bond acceptors (Lipinski definition) is 4. The molecule has 1 aromatic heterocycles. The molecule has 0 spiro atoms. The molecular formula is C9H13Cl2N3O. The summed E-state index contributed by atoms with van der Waals surface area (Å²) in [6.07, 6.45) is 1.64. The van der Waals surface area contributed by atoms with Crippen LogP contribution < -0.4 is 0 Å². The zero-order valence-corrected chi connectivity index (χ0v) is 10.2. The lowest BCUT2D eigenvalue weighted by atomic mass is 10.3. The van der Waals surface area contributed by atoms with Crippen LogP contribution in [0.1, 0.15) is 5.56 Å². The van der Waals surface area contributed by atoms with Crippen molar-refractivity contribution in [1.29, 1.82) is 0 Å². The van der Waals surface area contributed by atoms with Crippen LogP contribution in [0, 0.1) is 0 Å². The molecule has 0 aliphatic heterocycles. The fraction of sp³-hybridized carbons (Fsp3) is 0.556. The number of halogens is 2. The van der Waals surface area contributed by atoms with Gasteiger partial charge in [0.1, 0.15) is 5.15 Å². The van der Waals surface area contributed by atoms with Gasteiger partial charge in [-0.3, -0.25) is 4.90 Å². The van der Waals surface area contributed by atoms with Crippen molar-refractivity contribution in [3.63, 3.8) is 0 Å². The Bertz CT molecular complexity index is 322. The van der Waals surface area contributed by atoms with Crippen LogP contribution in [0.15, 0.2) is 6.20 Å². The molecule has 0 atom stereocenters. The summed E-state index contributed by atoms with van der Waals surface area (Å²) in [5.41, 5.74) is 0.861. The topological polar surface area (TPSA) is 38.2 Å². The molecule has 0 aliphatic rings. The van der Waals surface area contributed by atoms with Crippen LogP contribution in [0.4, 0.5) is 0 Å². The van der Waals surface area contributed by atoms with Gasteiger partial charge in [-0.25, -0.2) is 9.97 Å². The lowest BCUT2D eigenvalue weighted by Gasteiger charge is -2.16. The highest BCUT2D eigenvalue weighted by molar-refractivity contribution is 6.32. The molecule has 6 heteroatoms. The van der Waals surface area contributed by atoms with Crippen molar-refractivity contribution in [1.82, 2.24) is 14.9 Å². The first-order valence-electron chi connectivity index (χ1n) is 4.48. The molecule has 1 heterocycles. The van der Waals surface area contributed by atoms with Gasteiger partial charge in [0, 0.05) is 32.0 Å². The summed E-state index contributed by atoms with van der Waals surface area (Å²) < 4.78 is 4.97. The van der Waals surface area contributed by atoms with Gasteiger partial charge in [-0.05, 0) is 18.6 Å². The van der Waals surface area contributed by atoms with Crippen molar-refractivity contribution in [2.24, 2.45) is 0 Å². The van der Waals surface area contributed by atoms with Crippen LogP contribution in [0.3, 0.4) is 0 Å². The highest BCUT2D eigenvalue weighted by Gasteiger charge is 2.06. The fourth-order valence-corrected chi connectivity index (χ4v) is 1.45. The van der Waals surface area contributed by atoms with Gasteiger partial charge < -0.3 is 4.74 Å². The second-order valence-corrected chi connectivity index (χ2v) is 3.88. The average Bonchev–Trinajstić information content (AvgIpc) is 2.19. The highest BCUT2D eigenvalue weighted by atomic mass is 35.5. The molecule has 0 amide bonds. The molecule has 0 aromatic carbocycles. The lowest BCUT2D eigenvalue weighted by molar-refractivity contribution is 0.158. The Labute approximate surface area is 99.2 Å². The molecule has 0 N–H and O–H groups in total. The van der Waals surface area contributed by atoms with Crippen LogP contribution in [0.25, 0.3) is 0 Å². The predicted octanol–water partition coefficient (Wildman–Crippen LogP) is 1.86. The SMILES string of the molecule is COCCN(C)Cc1cnc(Cl)nc1Cl. The number of methoxy groups -OCH3 is 1. The van der Waals surface area contributed by atoms with Crippen LogP contribution >= 0.6 is 23.2 Å². The lowest BCUT2D eigenvalue weighted by Crippen LogP contribution is -2.22. The molecule has 0 bridgehead atoms. The van der Waals surface area contributed by atoms with Gasteiger partial charge in [0.25, 0.3) is 0 Å². The molecule has 1 aromatic rings. The third kappa shape index (κ3) is 4.30. The van der Waals surface area contributed by atoms with Gasteiger partial charge in [0.05, 0.1) is 6.61 Å². The van der Waals surface area contributed by atoms with E-state index in [0.717, 1.165) is 12.1 Å². The van der Waals surface area contributed by atoms with Crippen molar-refractivity contribution in [2.75, 3.05) is 27.3 Å². The molecule has 0 saturated carbocycles. The molecule has 0 fully saturated rings. The second kappa shape index (κ2) is 6.23.